The summed E-state index contributed by atoms with van der Waals surface area (Å²) in [6.45, 7) is 1.20. The number of carbonyl (C=O) groups excluding carboxylic acids is 1. The summed E-state index contributed by atoms with van der Waals surface area (Å²) in [6.07, 6.45) is 1.23. The fraction of sp³-hybridized carbons (Fsp3) is 0.292. The van der Waals surface area contributed by atoms with E-state index in [4.69, 9.17) is 4.74 Å². The third-order valence-electron chi connectivity index (χ3n) is 5.72. The van der Waals surface area contributed by atoms with Crippen LogP contribution in [0.5, 0.6) is 0 Å². The molecule has 1 heterocycles. The van der Waals surface area contributed by atoms with Crippen molar-refractivity contribution >= 4 is 5.91 Å². The Hall–Kier alpha value is -3.39. The van der Waals surface area contributed by atoms with E-state index in [0.29, 0.717) is 4.57 Å². The van der Waals surface area contributed by atoms with Crippen LogP contribution in [-0.4, -0.2) is 27.6 Å². The summed E-state index contributed by atoms with van der Waals surface area (Å²) in [5.41, 5.74) is -0.527. The Morgan fingerprint density at radius 2 is 1.62 bits per heavy atom. The van der Waals surface area contributed by atoms with Crippen LogP contribution in [0.3, 0.4) is 0 Å². The fourth-order valence-corrected chi connectivity index (χ4v) is 3.78. The highest BCUT2D eigenvalue weighted by atomic mass is 19.3. The van der Waals surface area contributed by atoms with E-state index in [1.165, 1.54) is 25.3 Å². The number of hydrogen-bond acceptors (Lipinski definition) is 4. The van der Waals surface area contributed by atoms with E-state index in [-0.39, 0.29) is 30.9 Å². The molecule has 0 unspecified atom stereocenters. The Kier molecular flexibility index (Phi) is 5.88. The Morgan fingerprint density at radius 1 is 1.00 bits per heavy atom. The van der Waals surface area contributed by atoms with Crippen molar-refractivity contribution in [2.45, 2.75) is 26.0 Å². The molecule has 6 nitrogen and oxygen atoms in total. The molecule has 4 rings (SSSR count). The van der Waals surface area contributed by atoms with Crippen molar-refractivity contribution in [1.29, 1.82) is 0 Å². The second-order valence-electron chi connectivity index (χ2n) is 7.95. The minimum Gasteiger partial charge on any atom is -0.376 e. The molecule has 0 bridgehead atoms. The van der Waals surface area contributed by atoms with Gasteiger partial charge in [0.25, 0.3) is 17.4 Å². The normalized spacial score (nSPS) is 19.0. The van der Waals surface area contributed by atoms with Gasteiger partial charge in [-0.2, -0.15) is 4.57 Å². The Balaban J connectivity index is 1.52. The summed E-state index contributed by atoms with van der Waals surface area (Å²) in [4.78, 5) is 38.1. The molecular weight excluding hydrogens is 418 g/mol. The number of rotatable bonds is 7. The van der Waals surface area contributed by atoms with Gasteiger partial charge in [-0.25, -0.2) is 13.6 Å². The average Bonchev–Trinajstić information content (AvgIpc) is 3.31. The zero-order valence-electron chi connectivity index (χ0n) is 17.4. The summed E-state index contributed by atoms with van der Waals surface area (Å²) in [6, 6.07) is 17.1. The number of carbonyl (C=O) groups is 1. The van der Waals surface area contributed by atoms with Gasteiger partial charge >= 0.3 is 5.69 Å². The maximum Gasteiger partial charge on any atom is 0.338 e. The predicted octanol–water partition coefficient (Wildman–Crippen LogP) is 3.11. The first-order valence-corrected chi connectivity index (χ1v) is 10.2. The number of hydrogen-bond donors (Lipinski definition) is 0. The summed E-state index contributed by atoms with van der Waals surface area (Å²) >= 11 is 0. The van der Waals surface area contributed by atoms with E-state index in [2.05, 4.69) is 0 Å². The average molecular weight is 440 g/mol. The number of aromatic nitrogens is 2. The second kappa shape index (κ2) is 8.63. The van der Waals surface area contributed by atoms with Crippen molar-refractivity contribution < 1.29 is 18.3 Å². The SMILES string of the molecule is Cc1cn(C[C@H]2[C@@H](COCc3ccccc3)C2(F)F)c(=O)n(C(=O)c2ccccc2)c1=O. The number of aryl methyl sites for hydroxylation is 1. The molecule has 0 radical (unpaired) electrons. The smallest absolute Gasteiger partial charge is 0.338 e. The van der Waals surface area contributed by atoms with Crippen LogP contribution in [0.15, 0.2) is 76.4 Å². The third kappa shape index (κ3) is 4.18. The molecule has 32 heavy (non-hydrogen) atoms. The van der Waals surface area contributed by atoms with Crippen molar-refractivity contribution in [2.24, 2.45) is 11.8 Å². The quantitative estimate of drug-likeness (QED) is 0.566. The molecule has 0 spiro atoms. The number of alkyl halides is 2. The van der Waals surface area contributed by atoms with E-state index in [9.17, 15) is 23.2 Å². The van der Waals surface area contributed by atoms with E-state index in [1.807, 2.05) is 30.3 Å². The van der Waals surface area contributed by atoms with Crippen molar-refractivity contribution in [3.05, 3.63) is 104 Å². The molecule has 166 valence electrons. The molecule has 1 aromatic heterocycles. The molecule has 1 fully saturated rings. The van der Waals surface area contributed by atoms with E-state index in [0.717, 1.165) is 10.1 Å². The topological polar surface area (TPSA) is 70.3 Å². The van der Waals surface area contributed by atoms with Crippen molar-refractivity contribution in [3.63, 3.8) is 0 Å². The van der Waals surface area contributed by atoms with Crippen LogP contribution in [0, 0.1) is 18.8 Å². The zero-order chi connectivity index (χ0) is 22.9. The number of nitrogens with zero attached hydrogens (tertiary/aromatic N) is 2. The van der Waals surface area contributed by atoms with Crippen LogP contribution >= 0.6 is 0 Å². The van der Waals surface area contributed by atoms with Gasteiger partial charge in [0, 0.05) is 23.9 Å². The molecule has 2 aromatic carbocycles. The third-order valence-corrected chi connectivity index (χ3v) is 5.72. The van der Waals surface area contributed by atoms with Gasteiger partial charge in [-0.15, -0.1) is 0 Å². The van der Waals surface area contributed by atoms with Gasteiger partial charge in [-0.1, -0.05) is 48.5 Å². The lowest BCUT2D eigenvalue weighted by Crippen LogP contribution is -2.44. The van der Waals surface area contributed by atoms with Crippen molar-refractivity contribution in [1.82, 2.24) is 9.13 Å². The van der Waals surface area contributed by atoms with E-state index >= 15 is 0 Å². The molecule has 0 saturated heterocycles. The maximum absolute atomic E-state index is 14.4. The fourth-order valence-electron chi connectivity index (χ4n) is 3.78. The molecular formula is C24H22F2N2O4. The number of halogens is 2. The van der Waals surface area contributed by atoms with Gasteiger partial charge in [-0.3, -0.25) is 14.2 Å². The molecule has 0 N–H and O–H groups in total. The highest BCUT2D eigenvalue weighted by Gasteiger charge is 2.68. The molecule has 1 saturated carbocycles. The lowest BCUT2D eigenvalue weighted by atomic mass is 10.2. The minimum atomic E-state index is -2.99. The first-order chi connectivity index (χ1) is 15.3. The van der Waals surface area contributed by atoms with Crippen LogP contribution in [0.1, 0.15) is 21.5 Å². The Labute approximate surface area is 182 Å². The first-order valence-electron chi connectivity index (χ1n) is 10.2. The van der Waals surface area contributed by atoms with Gasteiger partial charge < -0.3 is 4.74 Å². The highest BCUT2D eigenvalue weighted by molar-refractivity contribution is 5.95. The van der Waals surface area contributed by atoms with Crippen molar-refractivity contribution in [2.75, 3.05) is 6.61 Å². The minimum absolute atomic E-state index is 0.120. The van der Waals surface area contributed by atoms with Crippen molar-refractivity contribution in [3.8, 4) is 0 Å². The standard InChI is InChI=1S/C24H22F2N2O4/c1-16-12-27(23(31)28(21(16)29)22(30)18-10-6-3-7-11-18)13-19-20(24(19,25)26)15-32-14-17-8-4-2-5-9-17/h2-12,19-20H,13-15H2,1H3/t19-,20+/m0/s1. The molecule has 1 aliphatic carbocycles. The van der Waals surface area contributed by atoms with Gasteiger partial charge in [0.1, 0.15) is 0 Å². The van der Waals surface area contributed by atoms with Gasteiger partial charge in [0.05, 0.1) is 25.0 Å². The lowest BCUT2D eigenvalue weighted by Gasteiger charge is -2.11. The number of ether oxygens (including phenoxy) is 1. The van der Waals surface area contributed by atoms with Crippen LogP contribution in [0.4, 0.5) is 8.78 Å². The largest absolute Gasteiger partial charge is 0.376 e. The van der Waals surface area contributed by atoms with Crippen LogP contribution in [0.25, 0.3) is 0 Å². The Bertz CT molecular complexity index is 1240. The summed E-state index contributed by atoms with van der Waals surface area (Å²) in [7, 11) is 0. The van der Waals surface area contributed by atoms with Crippen LogP contribution < -0.4 is 11.2 Å². The Morgan fingerprint density at radius 3 is 2.28 bits per heavy atom. The first kappa shape index (κ1) is 21.8. The molecule has 3 aromatic rings. The van der Waals surface area contributed by atoms with E-state index in [1.54, 1.807) is 18.2 Å². The monoisotopic (exact) mass is 440 g/mol. The predicted molar refractivity (Wildman–Crippen MR) is 114 cm³/mol. The highest BCUT2D eigenvalue weighted by Crippen LogP contribution is 2.56. The van der Waals surface area contributed by atoms with Gasteiger partial charge in [0.15, 0.2) is 0 Å². The molecule has 1 aliphatic rings. The summed E-state index contributed by atoms with van der Waals surface area (Å²) < 4.78 is 35.7. The number of benzene rings is 2. The van der Waals surface area contributed by atoms with Crippen LogP contribution in [0.2, 0.25) is 0 Å². The second-order valence-corrected chi connectivity index (χ2v) is 7.95. The van der Waals surface area contributed by atoms with Gasteiger partial charge in [0.2, 0.25) is 0 Å². The zero-order valence-corrected chi connectivity index (χ0v) is 17.4. The molecule has 0 aliphatic heterocycles. The van der Waals surface area contributed by atoms with Gasteiger partial charge in [-0.05, 0) is 24.6 Å². The summed E-state index contributed by atoms with van der Waals surface area (Å²) in [5.74, 6) is -5.94. The maximum atomic E-state index is 14.4. The summed E-state index contributed by atoms with van der Waals surface area (Å²) in [5, 5.41) is 0. The van der Waals surface area contributed by atoms with E-state index < -0.39 is 34.9 Å². The molecule has 2 atom stereocenters. The van der Waals surface area contributed by atoms with Crippen LogP contribution in [-0.2, 0) is 17.9 Å². The lowest BCUT2D eigenvalue weighted by molar-refractivity contribution is 0.0454. The molecule has 8 heteroatoms. The molecule has 0 amide bonds.